The fraction of sp³-hybridized carbons (Fsp3) is 0.278. The molecule has 0 unspecified atom stereocenters. The van der Waals surface area contributed by atoms with E-state index in [1.165, 1.54) is 32.0 Å². The summed E-state index contributed by atoms with van der Waals surface area (Å²) in [6.45, 7) is 0.262. The van der Waals surface area contributed by atoms with Gasteiger partial charge in [0.1, 0.15) is 0 Å². The second kappa shape index (κ2) is 10.0. The monoisotopic (exact) mass is 410 g/mol. The van der Waals surface area contributed by atoms with Crippen molar-refractivity contribution in [1.29, 1.82) is 0 Å². The van der Waals surface area contributed by atoms with Crippen LogP contribution in [0.25, 0.3) is 0 Å². The number of nitro groups is 1. The molecule has 0 aromatic heterocycles. The lowest BCUT2D eigenvalue weighted by Gasteiger charge is -2.11. The number of carbonyl (C=O) groups excluding carboxylic acids is 1. The van der Waals surface area contributed by atoms with Gasteiger partial charge in [0, 0.05) is 17.0 Å². The molecule has 9 heteroatoms. The summed E-state index contributed by atoms with van der Waals surface area (Å²) in [5, 5.41) is 14.6. The maximum Gasteiger partial charge on any atom is 0.276 e. The molecule has 0 aliphatic heterocycles. The lowest BCUT2D eigenvalue weighted by atomic mass is 10.1. The molecule has 2 aromatic carbocycles. The van der Waals surface area contributed by atoms with Gasteiger partial charge in [-0.15, -0.1) is 11.8 Å². The number of carbonyl (C=O) groups is 1. The van der Waals surface area contributed by atoms with Gasteiger partial charge in [0.15, 0.2) is 11.5 Å². The largest absolute Gasteiger partial charge is 0.493 e. The number of amides is 1. The Hall–Kier alpha value is -2.45. The highest BCUT2D eigenvalue weighted by Gasteiger charge is 2.19. The zero-order valence-electron chi connectivity index (χ0n) is 14.9. The van der Waals surface area contributed by atoms with Gasteiger partial charge in [-0.1, -0.05) is 23.7 Å². The summed E-state index contributed by atoms with van der Waals surface area (Å²) in [7, 11) is 2.87. The van der Waals surface area contributed by atoms with Crippen molar-refractivity contribution < 1.29 is 19.2 Å². The number of ether oxygens (including phenoxy) is 2. The van der Waals surface area contributed by atoms with Crippen molar-refractivity contribution in [2.24, 2.45) is 0 Å². The van der Waals surface area contributed by atoms with Crippen LogP contribution in [-0.2, 0) is 11.2 Å². The molecular weight excluding hydrogens is 392 g/mol. The van der Waals surface area contributed by atoms with Crippen LogP contribution in [-0.4, -0.2) is 37.3 Å². The summed E-state index contributed by atoms with van der Waals surface area (Å²) >= 11 is 7.39. The van der Waals surface area contributed by atoms with Gasteiger partial charge in [0.05, 0.1) is 36.0 Å². The van der Waals surface area contributed by atoms with Crippen LogP contribution >= 0.6 is 23.4 Å². The average molecular weight is 411 g/mol. The molecule has 0 aliphatic rings. The van der Waals surface area contributed by atoms with Crippen LogP contribution in [0.4, 0.5) is 5.69 Å². The molecule has 7 nitrogen and oxygen atoms in total. The summed E-state index contributed by atoms with van der Waals surface area (Å²) in [4.78, 5) is 23.6. The normalized spacial score (nSPS) is 10.3. The predicted molar refractivity (Wildman–Crippen MR) is 105 cm³/mol. The van der Waals surface area contributed by atoms with Crippen LogP contribution in [0.1, 0.15) is 5.56 Å². The number of halogens is 1. The number of nitrogens with one attached hydrogen (secondary N) is 1. The third-order valence-corrected chi connectivity index (χ3v) is 5.21. The highest BCUT2D eigenvalue weighted by atomic mass is 35.5. The Labute approximate surface area is 166 Å². The summed E-state index contributed by atoms with van der Waals surface area (Å²) in [6, 6.07) is 10.2. The summed E-state index contributed by atoms with van der Waals surface area (Å²) in [5.74, 6) is 0.715. The number of rotatable bonds is 9. The lowest BCUT2D eigenvalue weighted by molar-refractivity contribution is -0.385. The van der Waals surface area contributed by atoms with Crippen molar-refractivity contribution in [2.75, 3.05) is 26.5 Å². The Morgan fingerprint density at radius 2 is 1.89 bits per heavy atom. The van der Waals surface area contributed by atoms with E-state index in [-0.39, 0.29) is 29.6 Å². The van der Waals surface area contributed by atoms with Crippen LogP contribution in [0.2, 0.25) is 5.02 Å². The molecule has 2 rings (SSSR count). The van der Waals surface area contributed by atoms with E-state index < -0.39 is 4.92 Å². The van der Waals surface area contributed by atoms with Crippen LogP contribution < -0.4 is 14.8 Å². The van der Waals surface area contributed by atoms with Gasteiger partial charge in [-0.05, 0) is 24.6 Å². The topological polar surface area (TPSA) is 90.7 Å². The molecule has 0 bridgehead atoms. The summed E-state index contributed by atoms with van der Waals surface area (Å²) in [5.41, 5.74) is 0.379. The van der Waals surface area contributed by atoms with E-state index >= 15 is 0 Å². The van der Waals surface area contributed by atoms with Gasteiger partial charge in [-0.25, -0.2) is 0 Å². The molecular formula is C18H19ClN2O5S. The Kier molecular flexibility index (Phi) is 7.75. The van der Waals surface area contributed by atoms with Crippen LogP contribution in [0, 0.1) is 10.1 Å². The van der Waals surface area contributed by atoms with E-state index in [1.807, 2.05) is 18.2 Å². The number of benzene rings is 2. The molecule has 0 spiro atoms. The standard InChI is InChI=1S/C18H19ClN2O5S/c1-25-15-9-12(14(21(23)24)10-16(15)26-2)7-8-20-18(22)11-27-17-6-4-3-5-13(17)19/h3-6,9-10H,7-8,11H2,1-2H3,(H,20,22). The first-order chi connectivity index (χ1) is 13.0. The molecule has 27 heavy (non-hydrogen) atoms. The maximum absolute atomic E-state index is 12.0. The van der Waals surface area contributed by atoms with Crippen molar-refractivity contribution in [2.45, 2.75) is 11.3 Å². The second-order valence-corrected chi connectivity index (χ2v) is 6.84. The molecule has 0 saturated heterocycles. The smallest absolute Gasteiger partial charge is 0.276 e. The molecule has 0 atom stereocenters. The van der Waals surface area contributed by atoms with Crippen LogP contribution in [0.5, 0.6) is 11.5 Å². The van der Waals surface area contributed by atoms with Gasteiger partial charge in [0.25, 0.3) is 5.69 Å². The Balaban J connectivity index is 1.95. The quantitative estimate of drug-likeness (QED) is 0.385. The SMILES string of the molecule is COc1cc(CCNC(=O)CSc2ccccc2Cl)c([N+](=O)[O-])cc1OC. The van der Waals surface area contributed by atoms with Crippen molar-refractivity contribution in [3.63, 3.8) is 0 Å². The number of thioether (sulfide) groups is 1. The zero-order chi connectivity index (χ0) is 19.8. The molecule has 0 heterocycles. The van der Waals surface area contributed by atoms with Crippen LogP contribution in [0.3, 0.4) is 0 Å². The van der Waals surface area contributed by atoms with Gasteiger partial charge in [-0.3, -0.25) is 14.9 Å². The minimum atomic E-state index is -0.480. The second-order valence-electron chi connectivity index (χ2n) is 5.41. The molecule has 1 amide bonds. The van der Waals surface area contributed by atoms with E-state index in [9.17, 15) is 14.9 Å². The van der Waals surface area contributed by atoms with Crippen molar-refractivity contribution in [3.05, 3.63) is 57.1 Å². The average Bonchev–Trinajstić information content (AvgIpc) is 2.66. The predicted octanol–water partition coefficient (Wildman–Crippen LogP) is 3.72. The first-order valence-corrected chi connectivity index (χ1v) is 9.36. The van der Waals surface area contributed by atoms with Gasteiger partial charge >= 0.3 is 0 Å². The fourth-order valence-corrected chi connectivity index (χ4v) is 3.44. The minimum absolute atomic E-state index is 0.0765. The molecule has 0 radical (unpaired) electrons. The number of methoxy groups -OCH3 is 2. The molecule has 2 aromatic rings. The molecule has 0 fully saturated rings. The van der Waals surface area contributed by atoms with E-state index in [0.717, 1.165) is 4.90 Å². The number of nitro benzene ring substituents is 1. The first-order valence-electron chi connectivity index (χ1n) is 7.99. The summed E-state index contributed by atoms with van der Waals surface area (Å²) < 4.78 is 10.3. The van der Waals surface area contributed by atoms with Gasteiger partial charge in [-0.2, -0.15) is 0 Å². The molecule has 144 valence electrons. The number of hydrogen-bond donors (Lipinski definition) is 1. The van der Waals surface area contributed by atoms with Crippen LogP contribution in [0.15, 0.2) is 41.3 Å². The number of nitrogens with zero attached hydrogens (tertiary/aromatic N) is 1. The van der Waals surface area contributed by atoms with E-state index in [4.69, 9.17) is 21.1 Å². The Bertz CT molecular complexity index is 831. The lowest BCUT2D eigenvalue weighted by Crippen LogP contribution is -2.27. The molecule has 1 N–H and O–H groups in total. The Morgan fingerprint density at radius 3 is 2.52 bits per heavy atom. The van der Waals surface area contributed by atoms with Gasteiger partial charge in [0.2, 0.25) is 5.91 Å². The van der Waals surface area contributed by atoms with E-state index in [2.05, 4.69) is 5.32 Å². The fourth-order valence-electron chi connectivity index (χ4n) is 2.37. The minimum Gasteiger partial charge on any atom is -0.493 e. The highest BCUT2D eigenvalue weighted by molar-refractivity contribution is 8.00. The van der Waals surface area contributed by atoms with Crippen molar-refractivity contribution in [1.82, 2.24) is 5.32 Å². The summed E-state index contributed by atoms with van der Waals surface area (Å²) in [6.07, 6.45) is 0.291. The number of hydrogen-bond acceptors (Lipinski definition) is 6. The third kappa shape index (κ3) is 5.77. The van der Waals surface area contributed by atoms with Crippen molar-refractivity contribution in [3.8, 4) is 11.5 Å². The van der Waals surface area contributed by atoms with Gasteiger partial charge < -0.3 is 14.8 Å². The van der Waals surface area contributed by atoms with E-state index in [1.54, 1.807) is 12.1 Å². The zero-order valence-corrected chi connectivity index (χ0v) is 16.4. The maximum atomic E-state index is 12.0. The third-order valence-electron chi connectivity index (χ3n) is 3.69. The highest BCUT2D eigenvalue weighted by Crippen LogP contribution is 2.34. The first kappa shape index (κ1) is 20.9. The Morgan fingerprint density at radius 1 is 1.22 bits per heavy atom. The van der Waals surface area contributed by atoms with Crippen molar-refractivity contribution >= 4 is 35.0 Å². The van der Waals surface area contributed by atoms with E-state index in [0.29, 0.717) is 22.8 Å². The molecule has 0 aliphatic carbocycles. The molecule has 0 saturated carbocycles.